The highest BCUT2D eigenvalue weighted by molar-refractivity contribution is 7.99. The molecule has 0 radical (unpaired) electrons. The van der Waals surface area contributed by atoms with E-state index in [0.717, 1.165) is 36.4 Å². The molecule has 0 unspecified atom stereocenters. The van der Waals surface area contributed by atoms with Gasteiger partial charge in [0.25, 0.3) is 5.91 Å². The van der Waals surface area contributed by atoms with E-state index in [-0.39, 0.29) is 17.6 Å². The maximum absolute atomic E-state index is 13.1. The quantitative estimate of drug-likeness (QED) is 0.433. The molecule has 2 aliphatic rings. The molecule has 5 rings (SSSR count). The molecule has 1 aliphatic heterocycles. The first-order chi connectivity index (χ1) is 17.6. The maximum atomic E-state index is 13.1. The number of nitrogens with zero attached hydrogens (tertiary/aromatic N) is 5. The average Bonchev–Trinajstić information content (AvgIpc) is 3.64. The molecule has 0 atom stereocenters. The van der Waals surface area contributed by atoms with Crippen LogP contribution in [0, 0.1) is 5.92 Å². The number of hydrogen-bond donors (Lipinski definition) is 0. The smallest absolute Gasteiger partial charge is 0.251 e. The molecule has 1 fully saturated rings. The molecule has 0 saturated carbocycles. The Kier molecular flexibility index (Phi) is 7.27. The fourth-order valence-corrected chi connectivity index (χ4v) is 5.98. The van der Waals surface area contributed by atoms with E-state index in [9.17, 15) is 9.59 Å². The molecular weight excluding hydrogens is 474 g/mol. The van der Waals surface area contributed by atoms with Crippen molar-refractivity contribution in [3.63, 3.8) is 0 Å². The third kappa shape index (κ3) is 4.97. The van der Waals surface area contributed by atoms with Gasteiger partial charge in [-0.1, -0.05) is 36.0 Å². The molecule has 188 valence electrons. The van der Waals surface area contributed by atoms with E-state index in [1.165, 1.54) is 22.9 Å². The number of hydrazine groups is 1. The normalized spacial score (nSPS) is 15.4. The molecule has 0 N–H and O–H groups in total. The highest BCUT2D eigenvalue weighted by Gasteiger charge is 2.33. The molecule has 2 amide bonds. The lowest BCUT2D eigenvalue weighted by Crippen LogP contribution is -2.46. The van der Waals surface area contributed by atoms with Gasteiger partial charge in [0.1, 0.15) is 5.75 Å². The summed E-state index contributed by atoms with van der Waals surface area (Å²) in [5.41, 5.74) is 3.62. The van der Waals surface area contributed by atoms with Gasteiger partial charge in [-0.2, -0.15) is 0 Å². The van der Waals surface area contributed by atoms with Crippen molar-refractivity contribution >= 4 is 23.6 Å². The van der Waals surface area contributed by atoms with E-state index in [1.807, 2.05) is 35.8 Å². The summed E-state index contributed by atoms with van der Waals surface area (Å²) in [6.45, 7) is 3.89. The Morgan fingerprint density at radius 3 is 2.28 bits per heavy atom. The molecule has 1 saturated heterocycles. The predicted molar refractivity (Wildman–Crippen MR) is 138 cm³/mol. The van der Waals surface area contributed by atoms with Crippen molar-refractivity contribution in [1.29, 1.82) is 0 Å². The van der Waals surface area contributed by atoms with Gasteiger partial charge in [0.05, 0.1) is 12.9 Å². The van der Waals surface area contributed by atoms with Crippen LogP contribution in [0.1, 0.15) is 30.9 Å². The minimum atomic E-state index is -0.0720. The average molecular weight is 506 g/mol. The number of aromatic nitrogens is 3. The number of fused-ring (bicyclic) bond motifs is 1. The van der Waals surface area contributed by atoms with Crippen LogP contribution < -0.4 is 4.74 Å². The van der Waals surface area contributed by atoms with Crippen molar-refractivity contribution in [2.45, 2.75) is 44.3 Å². The first-order valence-electron chi connectivity index (χ1n) is 12.4. The van der Waals surface area contributed by atoms with Crippen LogP contribution in [0.3, 0.4) is 0 Å². The number of ether oxygens (including phenoxy) is 1. The van der Waals surface area contributed by atoms with Crippen LogP contribution in [-0.4, -0.2) is 62.5 Å². The Labute approximate surface area is 215 Å². The van der Waals surface area contributed by atoms with Gasteiger partial charge < -0.3 is 9.30 Å². The van der Waals surface area contributed by atoms with Gasteiger partial charge in [0.2, 0.25) is 5.91 Å². The summed E-state index contributed by atoms with van der Waals surface area (Å²) < 4.78 is 7.24. The number of carbonyl (C=O) groups excluding carboxylic acids is 2. The SMILES string of the molecule is CCn1c(SCC(=O)N2CCCN2C(=O)CC2Cc3ccccc3C2)nnc1-c1ccc(OC)cc1. The number of rotatable bonds is 8. The second kappa shape index (κ2) is 10.7. The number of benzene rings is 2. The zero-order valence-electron chi connectivity index (χ0n) is 20.7. The molecule has 1 aliphatic carbocycles. The van der Waals surface area contributed by atoms with Gasteiger partial charge in [0, 0.05) is 31.6 Å². The number of methoxy groups -OCH3 is 1. The second-order valence-electron chi connectivity index (χ2n) is 9.20. The summed E-state index contributed by atoms with van der Waals surface area (Å²) in [6.07, 6.45) is 3.15. The Morgan fingerprint density at radius 2 is 1.64 bits per heavy atom. The van der Waals surface area contributed by atoms with E-state index >= 15 is 0 Å². The van der Waals surface area contributed by atoms with Gasteiger partial charge in [-0.25, -0.2) is 0 Å². The van der Waals surface area contributed by atoms with E-state index in [1.54, 1.807) is 17.1 Å². The molecule has 1 aromatic heterocycles. The number of carbonyl (C=O) groups is 2. The Bertz CT molecular complexity index is 1220. The summed E-state index contributed by atoms with van der Waals surface area (Å²) in [5.74, 6) is 2.02. The van der Waals surface area contributed by atoms with Gasteiger partial charge in [-0.15, -0.1) is 10.2 Å². The van der Waals surface area contributed by atoms with Crippen LogP contribution >= 0.6 is 11.8 Å². The predicted octanol–water partition coefficient (Wildman–Crippen LogP) is 3.85. The summed E-state index contributed by atoms with van der Waals surface area (Å²) >= 11 is 1.36. The van der Waals surface area contributed by atoms with Crippen molar-refractivity contribution in [2.75, 3.05) is 26.0 Å². The van der Waals surface area contributed by atoms with Crippen LogP contribution in [-0.2, 0) is 29.0 Å². The summed E-state index contributed by atoms with van der Waals surface area (Å²) in [7, 11) is 1.64. The molecular formula is C27H31N5O3S. The fourth-order valence-electron chi connectivity index (χ4n) is 5.11. The van der Waals surface area contributed by atoms with Crippen LogP contribution in [0.25, 0.3) is 11.4 Å². The van der Waals surface area contributed by atoms with Crippen LogP contribution in [0.2, 0.25) is 0 Å². The summed E-state index contributed by atoms with van der Waals surface area (Å²) in [5, 5.41) is 12.7. The monoisotopic (exact) mass is 505 g/mol. The van der Waals surface area contributed by atoms with Gasteiger partial charge >= 0.3 is 0 Å². The van der Waals surface area contributed by atoms with Crippen molar-refractivity contribution in [3.8, 4) is 17.1 Å². The van der Waals surface area contributed by atoms with E-state index in [0.29, 0.717) is 37.1 Å². The van der Waals surface area contributed by atoms with Crippen LogP contribution in [0.5, 0.6) is 5.75 Å². The third-order valence-electron chi connectivity index (χ3n) is 6.91. The summed E-state index contributed by atoms with van der Waals surface area (Å²) in [4.78, 5) is 26.3. The lowest BCUT2D eigenvalue weighted by Gasteiger charge is -2.28. The maximum Gasteiger partial charge on any atom is 0.251 e. The first kappa shape index (κ1) is 24.4. The Hall–Kier alpha value is -3.33. The lowest BCUT2D eigenvalue weighted by atomic mass is 10.0. The molecule has 2 aromatic carbocycles. The van der Waals surface area contributed by atoms with Crippen molar-refractivity contribution in [3.05, 3.63) is 59.7 Å². The number of amides is 2. The van der Waals surface area contributed by atoms with Gasteiger partial charge in [-0.05, 0) is 67.5 Å². The topological polar surface area (TPSA) is 80.6 Å². The number of hydrogen-bond acceptors (Lipinski definition) is 6. The second-order valence-corrected chi connectivity index (χ2v) is 10.1. The first-order valence-corrected chi connectivity index (χ1v) is 13.4. The Balaban J connectivity index is 1.20. The lowest BCUT2D eigenvalue weighted by molar-refractivity contribution is -0.156. The van der Waals surface area contributed by atoms with Crippen LogP contribution in [0.15, 0.2) is 53.7 Å². The van der Waals surface area contributed by atoms with Gasteiger partial charge in [0.15, 0.2) is 11.0 Å². The third-order valence-corrected chi connectivity index (χ3v) is 7.86. The molecule has 3 aromatic rings. The van der Waals surface area contributed by atoms with E-state index in [2.05, 4.69) is 34.5 Å². The minimum Gasteiger partial charge on any atom is -0.497 e. The molecule has 0 bridgehead atoms. The standard InChI is InChI=1S/C27H31N5O3S/c1-3-30-26(20-9-11-23(35-2)12-10-20)28-29-27(30)36-18-25(34)32-14-6-13-31(32)24(33)17-19-15-21-7-4-5-8-22(21)16-19/h4-5,7-12,19H,3,6,13-18H2,1-2H3. The molecule has 0 spiro atoms. The van der Waals surface area contributed by atoms with Crippen LogP contribution in [0.4, 0.5) is 0 Å². The summed E-state index contributed by atoms with van der Waals surface area (Å²) in [6, 6.07) is 16.1. The zero-order chi connectivity index (χ0) is 25.1. The van der Waals surface area contributed by atoms with Gasteiger partial charge in [-0.3, -0.25) is 19.6 Å². The van der Waals surface area contributed by atoms with E-state index < -0.39 is 0 Å². The molecule has 36 heavy (non-hydrogen) atoms. The largest absolute Gasteiger partial charge is 0.497 e. The van der Waals surface area contributed by atoms with E-state index in [4.69, 9.17) is 4.74 Å². The highest BCUT2D eigenvalue weighted by atomic mass is 32.2. The number of thioether (sulfide) groups is 1. The Morgan fingerprint density at radius 1 is 0.972 bits per heavy atom. The molecule has 2 heterocycles. The molecule has 9 heteroatoms. The van der Waals surface area contributed by atoms with Crippen molar-refractivity contribution < 1.29 is 14.3 Å². The fraction of sp³-hybridized carbons (Fsp3) is 0.407. The molecule has 8 nitrogen and oxygen atoms in total. The van der Waals surface area contributed by atoms with Crippen molar-refractivity contribution in [1.82, 2.24) is 24.8 Å². The van der Waals surface area contributed by atoms with Crippen molar-refractivity contribution in [2.24, 2.45) is 5.92 Å². The minimum absolute atomic E-state index is 0.0437. The highest BCUT2D eigenvalue weighted by Crippen LogP contribution is 2.30. The zero-order valence-corrected chi connectivity index (χ0v) is 21.5.